The molecule has 0 bridgehead atoms. The molecule has 3 heteroatoms. The molecule has 1 amide bonds. The number of rotatable bonds is 2. The molecule has 1 aliphatic rings. The summed E-state index contributed by atoms with van der Waals surface area (Å²) < 4.78 is 0. The zero-order valence-electron chi connectivity index (χ0n) is 8.23. The predicted molar refractivity (Wildman–Crippen MR) is 56.1 cm³/mol. The molecular formula is C11H14N2O. The lowest BCUT2D eigenvalue weighted by Gasteiger charge is -2.37. The Morgan fingerprint density at radius 3 is 2.79 bits per heavy atom. The van der Waals surface area contributed by atoms with Gasteiger partial charge in [0.1, 0.15) is 6.04 Å². The number of carbonyl (C=O) groups is 1. The summed E-state index contributed by atoms with van der Waals surface area (Å²) in [4.78, 5) is 13.2. The van der Waals surface area contributed by atoms with Crippen molar-refractivity contribution in [3.8, 4) is 0 Å². The van der Waals surface area contributed by atoms with E-state index in [1.165, 1.54) is 5.56 Å². The van der Waals surface area contributed by atoms with Gasteiger partial charge in [-0.05, 0) is 18.1 Å². The van der Waals surface area contributed by atoms with Crippen molar-refractivity contribution in [2.45, 2.75) is 19.4 Å². The first-order valence-corrected chi connectivity index (χ1v) is 4.89. The van der Waals surface area contributed by atoms with Crippen molar-refractivity contribution in [2.75, 3.05) is 11.4 Å². The van der Waals surface area contributed by atoms with Crippen molar-refractivity contribution in [1.82, 2.24) is 0 Å². The van der Waals surface area contributed by atoms with E-state index in [2.05, 4.69) is 6.92 Å². The molecule has 74 valence electrons. The number of hydrogen-bond donors (Lipinski definition) is 1. The molecule has 1 aromatic carbocycles. The van der Waals surface area contributed by atoms with Crippen LogP contribution in [0.1, 0.15) is 12.5 Å². The first kappa shape index (κ1) is 9.21. The number of anilines is 1. The number of β-lactam (4-membered cyclic amide) rings is 1. The lowest BCUT2D eigenvalue weighted by atomic mass is 10.0. The maximum Gasteiger partial charge on any atom is 0.245 e. The molecule has 2 N–H and O–H groups in total. The Balaban J connectivity index is 2.28. The summed E-state index contributed by atoms with van der Waals surface area (Å²) in [6.45, 7) is 2.73. The second-order valence-electron chi connectivity index (χ2n) is 3.54. The van der Waals surface area contributed by atoms with Crippen LogP contribution >= 0.6 is 0 Å². The molecule has 1 fully saturated rings. The summed E-state index contributed by atoms with van der Waals surface area (Å²) in [5.74, 6) is 0.0332. The molecule has 1 atom stereocenters. The number of nitrogens with two attached hydrogens (primary N) is 1. The molecule has 0 aliphatic carbocycles. The third kappa shape index (κ3) is 1.30. The highest BCUT2D eigenvalue weighted by Gasteiger charge is 2.35. The number of nitrogens with zero attached hydrogens (tertiary/aromatic N) is 1. The Kier molecular flexibility index (Phi) is 2.25. The molecule has 0 radical (unpaired) electrons. The molecule has 1 aliphatic heterocycles. The fourth-order valence-electron chi connectivity index (χ4n) is 1.74. The van der Waals surface area contributed by atoms with Crippen molar-refractivity contribution < 1.29 is 4.79 Å². The van der Waals surface area contributed by atoms with Crippen LogP contribution in [-0.4, -0.2) is 18.5 Å². The summed E-state index contributed by atoms with van der Waals surface area (Å²) in [5.41, 5.74) is 7.77. The van der Waals surface area contributed by atoms with E-state index in [4.69, 9.17) is 5.73 Å². The van der Waals surface area contributed by atoms with Gasteiger partial charge in [0.2, 0.25) is 5.91 Å². The highest BCUT2D eigenvalue weighted by molar-refractivity contribution is 6.04. The number of benzene rings is 1. The molecule has 0 spiro atoms. The summed E-state index contributed by atoms with van der Waals surface area (Å²) in [7, 11) is 0. The number of aryl methyl sites for hydroxylation is 1. The minimum atomic E-state index is -0.292. The maximum atomic E-state index is 11.4. The Bertz CT molecular complexity index is 362. The van der Waals surface area contributed by atoms with Gasteiger partial charge < -0.3 is 10.6 Å². The lowest BCUT2D eigenvalue weighted by Crippen LogP contribution is -2.61. The van der Waals surface area contributed by atoms with E-state index >= 15 is 0 Å². The number of amides is 1. The largest absolute Gasteiger partial charge is 0.318 e. The van der Waals surface area contributed by atoms with Crippen molar-refractivity contribution in [3.63, 3.8) is 0 Å². The van der Waals surface area contributed by atoms with E-state index in [-0.39, 0.29) is 11.9 Å². The van der Waals surface area contributed by atoms with Gasteiger partial charge in [0.25, 0.3) is 0 Å². The summed E-state index contributed by atoms with van der Waals surface area (Å²) >= 11 is 0. The SMILES string of the molecule is CCc1ccccc1N1CC(N)C1=O. The summed E-state index contributed by atoms with van der Waals surface area (Å²) in [6, 6.07) is 7.67. The Morgan fingerprint density at radius 2 is 2.21 bits per heavy atom. The molecule has 0 aromatic heterocycles. The number of para-hydroxylation sites is 1. The Labute approximate surface area is 83.5 Å². The van der Waals surface area contributed by atoms with Gasteiger partial charge in [-0.25, -0.2) is 0 Å². The minimum absolute atomic E-state index is 0.0332. The van der Waals surface area contributed by atoms with Crippen molar-refractivity contribution in [1.29, 1.82) is 0 Å². The topological polar surface area (TPSA) is 46.3 Å². The number of hydrogen-bond acceptors (Lipinski definition) is 2. The van der Waals surface area contributed by atoms with E-state index < -0.39 is 0 Å². The summed E-state index contributed by atoms with van der Waals surface area (Å²) in [6.07, 6.45) is 0.940. The normalized spacial score (nSPS) is 20.9. The van der Waals surface area contributed by atoms with Gasteiger partial charge in [-0.1, -0.05) is 25.1 Å². The average Bonchev–Trinajstić information content (AvgIpc) is 2.25. The lowest BCUT2D eigenvalue weighted by molar-refractivity contribution is -0.123. The van der Waals surface area contributed by atoms with Crippen LogP contribution in [-0.2, 0) is 11.2 Å². The van der Waals surface area contributed by atoms with Crippen LogP contribution < -0.4 is 10.6 Å². The van der Waals surface area contributed by atoms with Gasteiger partial charge in [-0.3, -0.25) is 4.79 Å². The fraction of sp³-hybridized carbons (Fsp3) is 0.364. The number of carbonyl (C=O) groups excluding carboxylic acids is 1. The third-order valence-electron chi connectivity index (χ3n) is 2.63. The molecule has 3 nitrogen and oxygen atoms in total. The average molecular weight is 190 g/mol. The molecule has 0 saturated carbocycles. The molecule has 1 heterocycles. The fourth-order valence-corrected chi connectivity index (χ4v) is 1.74. The highest BCUT2D eigenvalue weighted by Crippen LogP contribution is 2.25. The quantitative estimate of drug-likeness (QED) is 0.705. The predicted octanol–water partition coefficient (Wildman–Crippen LogP) is 0.923. The van der Waals surface area contributed by atoms with Crippen LogP contribution in [0.2, 0.25) is 0 Å². The van der Waals surface area contributed by atoms with E-state index in [9.17, 15) is 4.79 Å². The smallest absolute Gasteiger partial charge is 0.245 e. The van der Waals surface area contributed by atoms with Gasteiger partial charge in [-0.2, -0.15) is 0 Å². The second-order valence-corrected chi connectivity index (χ2v) is 3.54. The van der Waals surface area contributed by atoms with Crippen LogP contribution in [0, 0.1) is 0 Å². The van der Waals surface area contributed by atoms with E-state index in [0.29, 0.717) is 6.54 Å². The zero-order valence-corrected chi connectivity index (χ0v) is 8.23. The molecular weight excluding hydrogens is 176 g/mol. The highest BCUT2D eigenvalue weighted by atomic mass is 16.2. The molecule has 2 rings (SSSR count). The van der Waals surface area contributed by atoms with E-state index in [1.807, 2.05) is 24.3 Å². The molecule has 1 aromatic rings. The Morgan fingerprint density at radius 1 is 1.50 bits per heavy atom. The van der Waals surface area contributed by atoms with Crippen LogP contribution in [0.4, 0.5) is 5.69 Å². The maximum absolute atomic E-state index is 11.4. The standard InChI is InChI=1S/C11H14N2O/c1-2-8-5-3-4-6-10(8)13-7-9(12)11(13)14/h3-6,9H,2,7,12H2,1H3. The van der Waals surface area contributed by atoms with Gasteiger partial charge in [0, 0.05) is 5.69 Å². The minimum Gasteiger partial charge on any atom is -0.318 e. The van der Waals surface area contributed by atoms with Crippen LogP contribution in [0.5, 0.6) is 0 Å². The first-order valence-electron chi connectivity index (χ1n) is 4.89. The molecule has 1 saturated heterocycles. The summed E-state index contributed by atoms with van der Waals surface area (Å²) in [5, 5.41) is 0. The Hall–Kier alpha value is -1.35. The second kappa shape index (κ2) is 3.42. The van der Waals surface area contributed by atoms with Gasteiger partial charge in [0.15, 0.2) is 0 Å². The van der Waals surface area contributed by atoms with Crippen molar-refractivity contribution in [3.05, 3.63) is 29.8 Å². The van der Waals surface area contributed by atoms with Gasteiger partial charge in [0.05, 0.1) is 6.54 Å². The van der Waals surface area contributed by atoms with E-state index in [0.717, 1.165) is 12.1 Å². The van der Waals surface area contributed by atoms with Gasteiger partial charge >= 0.3 is 0 Å². The van der Waals surface area contributed by atoms with Crippen LogP contribution in [0.15, 0.2) is 24.3 Å². The van der Waals surface area contributed by atoms with Crippen LogP contribution in [0.25, 0.3) is 0 Å². The monoisotopic (exact) mass is 190 g/mol. The van der Waals surface area contributed by atoms with Gasteiger partial charge in [-0.15, -0.1) is 0 Å². The first-order chi connectivity index (χ1) is 6.74. The molecule has 14 heavy (non-hydrogen) atoms. The van der Waals surface area contributed by atoms with Crippen molar-refractivity contribution in [2.24, 2.45) is 5.73 Å². The third-order valence-corrected chi connectivity index (χ3v) is 2.63. The van der Waals surface area contributed by atoms with Crippen LogP contribution in [0.3, 0.4) is 0 Å². The van der Waals surface area contributed by atoms with E-state index in [1.54, 1.807) is 4.90 Å². The van der Waals surface area contributed by atoms with Crippen molar-refractivity contribution >= 4 is 11.6 Å². The molecule has 1 unspecified atom stereocenters. The zero-order chi connectivity index (χ0) is 10.1.